The first kappa shape index (κ1) is 11.1. The lowest BCUT2D eigenvalue weighted by molar-refractivity contribution is 0.624. The second-order valence-corrected chi connectivity index (χ2v) is 3.46. The predicted molar refractivity (Wildman–Crippen MR) is 59.4 cm³/mol. The maximum absolute atomic E-state index is 13.3. The molecule has 0 unspecified atom stereocenters. The highest BCUT2D eigenvalue weighted by atomic mass is 19.1. The Bertz CT molecular complexity index is 569. The average molecular weight is 231 g/mol. The minimum absolute atomic E-state index is 0.00318. The Labute approximate surface area is 97.5 Å². The molecular weight excluding hydrogens is 221 g/mol. The van der Waals surface area contributed by atoms with Gasteiger partial charge in [0.1, 0.15) is 23.8 Å². The number of nitrogens with zero attached hydrogens (tertiary/aromatic N) is 4. The van der Waals surface area contributed by atoms with E-state index in [0.29, 0.717) is 18.1 Å². The molecule has 0 aliphatic carbocycles. The first-order chi connectivity index (χ1) is 8.20. The van der Waals surface area contributed by atoms with Gasteiger partial charge in [-0.2, -0.15) is 10.4 Å². The molecule has 0 saturated heterocycles. The van der Waals surface area contributed by atoms with Crippen molar-refractivity contribution in [3.8, 4) is 6.07 Å². The van der Waals surface area contributed by atoms with Crippen molar-refractivity contribution in [2.75, 3.05) is 5.32 Å². The van der Waals surface area contributed by atoms with Crippen molar-refractivity contribution in [3.05, 3.63) is 41.7 Å². The zero-order valence-corrected chi connectivity index (χ0v) is 9.18. The summed E-state index contributed by atoms with van der Waals surface area (Å²) in [6, 6.07) is 6.26. The van der Waals surface area contributed by atoms with Crippen LogP contribution in [0.25, 0.3) is 0 Å². The van der Waals surface area contributed by atoms with Crippen LogP contribution >= 0.6 is 0 Å². The molecule has 1 aromatic heterocycles. The summed E-state index contributed by atoms with van der Waals surface area (Å²) in [7, 11) is 1.76. The quantitative estimate of drug-likeness (QED) is 0.867. The van der Waals surface area contributed by atoms with Gasteiger partial charge in [-0.3, -0.25) is 4.68 Å². The van der Waals surface area contributed by atoms with Gasteiger partial charge in [-0.1, -0.05) is 6.07 Å². The fourth-order valence-corrected chi connectivity index (χ4v) is 1.42. The molecule has 0 aliphatic rings. The highest BCUT2D eigenvalue weighted by molar-refractivity contribution is 5.57. The van der Waals surface area contributed by atoms with E-state index in [1.807, 2.05) is 6.07 Å². The number of nitriles is 1. The molecule has 86 valence electrons. The predicted octanol–water partition coefficient (Wildman–Crippen LogP) is 1.44. The minimum atomic E-state index is -0.536. The van der Waals surface area contributed by atoms with E-state index in [0.717, 1.165) is 0 Å². The van der Waals surface area contributed by atoms with Crippen molar-refractivity contribution >= 4 is 5.69 Å². The van der Waals surface area contributed by atoms with Gasteiger partial charge in [0.05, 0.1) is 12.2 Å². The van der Waals surface area contributed by atoms with Crippen LogP contribution in [0.4, 0.5) is 10.1 Å². The minimum Gasteiger partial charge on any atom is -0.377 e. The van der Waals surface area contributed by atoms with Gasteiger partial charge in [0.15, 0.2) is 5.82 Å². The first-order valence-corrected chi connectivity index (χ1v) is 4.97. The van der Waals surface area contributed by atoms with Gasteiger partial charge in [-0.25, -0.2) is 9.37 Å². The maximum atomic E-state index is 13.3. The van der Waals surface area contributed by atoms with Crippen molar-refractivity contribution in [1.29, 1.82) is 5.26 Å². The molecule has 1 aromatic carbocycles. The molecule has 1 N–H and O–H groups in total. The summed E-state index contributed by atoms with van der Waals surface area (Å²) in [4.78, 5) is 4.02. The summed E-state index contributed by atoms with van der Waals surface area (Å²) < 4.78 is 14.9. The Morgan fingerprint density at radius 2 is 2.35 bits per heavy atom. The van der Waals surface area contributed by atoms with Gasteiger partial charge in [0.2, 0.25) is 0 Å². The summed E-state index contributed by atoms with van der Waals surface area (Å²) in [5, 5.41) is 15.8. The molecule has 1 heterocycles. The molecule has 17 heavy (non-hydrogen) atoms. The average Bonchev–Trinajstić information content (AvgIpc) is 2.72. The molecule has 0 aliphatic heterocycles. The third-order valence-electron chi connectivity index (χ3n) is 2.21. The molecule has 0 radical (unpaired) electrons. The Kier molecular flexibility index (Phi) is 3.01. The highest BCUT2D eigenvalue weighted by Gasteiger charge is 2.07. The van der Waals surface area contributed by atoms with Gasteiger partial charge < -0.3 is 5.32 Å². The molecule has 0 fully saturated rings. The standard InChI is InChI=1S/C11H10FN5/c1-17-7-15-11(16-17)6-14-10-4-2-3-9(12)8(10)5-13/h2-4,7,14H,6H2,1H3. The molecule has 2 aromatic rings. The van der Waals surface area contributed by atoms with Crippen molar-refractivity contribution < 1.29 is 4.39 Å². The summed E-state index contributed by atoms with van der Waals surface area (Å²) in [5.41, 5.74) is 0.448. The number of aryl methyl sites for hydroxylation is 1. The van der Waals surface area contributed by atoms with Crippen molar-refractivity contribution in [3.63, 3.8) is 0 Å². The number of hydrogen-bond acceptors (Lipinski definition) is 4. The Balaban J connectivity index is 2.14. The lowest BCUT2D eigenvalue weighted by atomic mass is 10.2. The number of halogens is 1. The van der Waals surface area contributed by atoms with Crippen LogP contribution < -0.4 is 5.32 Å². The smallest absolute Gasteiger partial charge is 0.169 e. The molecule has 2 rings (SSSR count). The van der Waals surface area contributed by atoms with Crippen LogP contribution in [-0.2, 0) is 13.6 Å². The zero-order chi connectivity index (χ0) is 12.3. The monoisotopic (exact) mass is 231 g/mol. The lowest BCUT2D eigenvalue weighted by Crippen LogP contribution is -2.04. The second-order valence-electron chi connectivity index (χ2n) is 3.46. The molecule has 0 spiro atoms. The van der Waals surface area contributed by atoms with E-state index in [1.54, 1.807) is 30.2 Å². The maximum Gasteiger partial charge on any atom is 0.169 e. The van der Waals surface area contributed by atoms with Crippen LogP contribution in [0.5, 0.6) is 0 Å². The van der Waals surface area contributed by atoms with E-state index in [2.05, 4.69) is 15.4 Å². The lowest BCUT2D eigenvalue weighted by Gasteiger charge is -2.06. The Morgan fingerprint density at radius 3 is 3.00 bits per heavy atom. The van der Waals surface area contributed by atoms with Crippen molar-refractivity contribution in [1.82, 2.24) is 14.8 Å². The highest BCUT2D eigenvalue weighted by Crippen LogP contribution is 2.17. The van der Waals surface area contributed by atoms with Gasteiger partial charge >= 0.3 is 0 Å². The third kappa shape index (κ3) is 2.39. The van der Waals surface area contributed by atoms with Gasteiger partial charge in [0.25, 0.3) is 0 Å². The molecule has 0 atom stereocenters. The van der Waals surface area contributed by atoms with Crippen LogP contribution in [0.3, 0.4) is 0 Å². The molecule has 6 heteroatoms. The van der Waals surface area contributed by atoms with E-state index < -0.39 is 5.82 Å². The summed E-state index contributed by atoms with van der Waals surface area (Å²) >= 11 is 0. The number of anilines is 1. The normalized spacial score (nSPS) is 9.94. The molecule has 0 amide bonds. The Morgan fingerprint density at radius 1 is 1.53 bits per heavy atom. The van der Waals surface area contributed by atoms with Gasteiger partial charge in [-0.05, 0) is 12.1 Å². The van der Waals surface area contributed by atoms with Crippen LogP contribution in [0.15, 0.2) is 24.5 Å². The van der Waals surface area contributed by atoms with E-state index in [9.17, 15) is 4.39 Å². The van der Waals surface area contributed by atoms with Crippen molar-refractivity contribution in [2.24, 2.45) is 7.05 Å². The third-order valence-corrected chi connectivity index (χ3v) is 2.21. The van der Waals surface area contributed by atoms with E-state index in [4.69, 9.17) is 5.26 Å². The topological polar surface area (TPSA) is 66.5 Å². The van der Waals surface area contributed by atoms with E-state index in [1.165, 1.54) is 6.07 Å². The Hall–Kier alpha value is -2.42. The van der Waals surface area contributed by atoms with Gasteiger partial charge in [-0.15, -0.1) is 0 Å². The SMILES string of the molecule is Cn1cnc(CNc2cccc(F)c2C#N)n1. The van der Waals surface area contributed by atoms with E-state index >= 15 is 0 Å². The summed E-state index contributed by atoms with van der Waals surface area (Å²) in [5.74, 6) is 0.0483. The van der Waals surface area contributed by atoms with Crippen LogP contribution in [0.2, 0.25) is 0 Å². The number of rotatable bonds is 3. The number of benzene rings is 1. The summed E-state index contributed by atoms with van der Waals surface area (Å²) in [6.45, 7) is 0.346. The van der Waals surface area contributed by atoms with Crippen LogP contribution in [0.1, 0.15) is 11.4 Å². The molecule has 0 bridgehead atoms. The first-order valence-electron chi connectivity index (χ1n) is 4.97. The number of hydrogen-bond donors (Lipinski definition) is 1. The molecule has 5 nitrogen and oxygen atoms in total. The molecular formula is C11H10FN5. The fraction of sp³-hybridized carbons (Fsp3) is 0.182. The fourth-order valence-electron chi connectivity index (χ4n) is 1.42. The number of nitrogens with one attached hydrogen (secondary N) is 1. The molecule has 0 saturated carbocycles. The van der Waals surface area contributed by atoms with E-state index in [-0.39, 0.29) is 5.56 Å². The largest absolute Gasteiger partial charge is 0.377 e. The van der Waals surface area contributed by atoms with Gasteiger partial charge in [0, 0.05) is 7.05 Å². The number of aromatic nitrogens is 3. The second kappa shape index (κ2) is 4.61. The van der Waals surface area contributed by atoms with Crippen LogP contribution in [0, 0.1) is 17.1 Å². The summed E-state index contributed by atoms with van der Waals surface area (Å²) in [6.07, 6.45) is 1.58. The zero-order valence-electron chi connectivity index (χ0n) is 9.18. The van der Waals surface area contributed by atoms with Crippen LogP contribution in [-0.4, -0.2) is 14.8 Å². The van der Waals surface area contributed by atoms with Crippen molar-refractivity contribution in [2.45, 2.75) is 6.54 Å².